The van der Waals surface area contributed by atoms with E-state index in [9.17, 15) is 20.1 Å². The van der Waals surface area contributed by atoms with Gasteiger partial charge in [-0.25, -0.2) is 0 Å². The SMILES string of the molecule is Bc1ccc(Cl)c(-c2cc(=O)c3c(O)cc(O)c(C4CCN(C)CC4O)c3o2)c1. The molecule has 2 heterocycles. The van der Waals surface area contributed by atoms with Crippen LogP contribution >= 0.6 is 11.6 Å². The van der Waals surface area contributed by atoms with Gasteiger partial charge >= 0.3 is 0 Å². The van der Waals surface area contributed by atoms with Crippen LogP contribution in [-0.4, -0.2) is 54.3 Å². The zero-order chi connectivity index (χ0) is 20.9. The summed E-state index contributed by atoms with van der Waals surface area (Å²) in [6.45, 7) is 1.15. The van der Waals surface area contributed by atoms with Gasteiger partial charge in [0.1, 0.15) is 36.1 Å². The molecule has 4 rings (SSSR count). The van der Waals surface area contributed by atoms with Crippen molar-refractivity contribution < 1.29 is 19.7 Å². The van der Waals surface area contributed by atoms with Crippen LogP contribution in [0.3, 0.4) is 0 Å². The number of rotatable bonds is 2. The number of likely N-dealkylation sites (tertiary alicyclic amines) is 1. The number of aliphatic hydroxyl groups is 1. The zero-order valence-electron chi connectivity index (χ0n) is 16.1. The Bertz CT molecular complexity index is 1160. The van der Waals surface area contributed by atoms with E-state index in [1.54, 1.807) is 12.1 Å². The van der Waals surface area contributed by atoms with Crippen molar-refractivity contribution in [2.24, 2.45) is 0 Å². The highest BCUT2D eigenvalue weighted by Crippen LogP contribution is 2.42. The molecule has 29 heavy (non-hydrogen) atoms. The number of phenols is 2. The average Bonchev–Trinajstić information content (AvgIpc) is 2.64. The number of likely N-dealkylation sites (N-methyl/N-ethyl adjacent to an activating group) is 1. The molecule has 2 atom stereocenters. The monoisotopic (exact) mass is 413 g/mol. The van der Waals surface area contributed by atoms with Crippen LogP contribution < -0.4 is 10.9 Å². The second-order valence-corrected chi connectivity index (χ2v) is 8.12. The van der Waals surface area contributed by atoms with Crippen molar-refractivity contribution in [3.05, 3.63) is 51.1 Å². The van der Waals surface area contributed by atoms with E-state index in [2.05, 4.69) is 0 Å². The van der Waals surface area contributed by atoms with Crippen molar-refractivity contribution in [3.63, 3.8) is 0 Å². The molecule has 6 nitrogen and oxygen atoms in total. The van der Waals surface area contributed by atoms with Gasteiger partial charge in [0.05, 0.1) is 11.1 Å². The second-order valence-electron chi connectivity index (χ2n) is 7.72. The predicted molar refractivity (Wildman–Crippen MR) is 115 cm³/mol. The molecular weight excluding hydrogens is 392 g/mol. The van der Waals surface area contributed by atoms with Crippen LogP contribution in [0.15, 0.2) is 39.5 Å². The summed E-state index contributed by atoms with van der Waals surface area (Å²) in [5, 5.41) is 31.9. The Balaban J connectivity index is 2.00. The molecule has 0 radical (unpaired) electrons. The highest BCUT2D eigenvalue weighted by atomic mass is 35.5. The predicted octanol–water partition coefficient (Wildman–Crippen LogP) is 1.56. The van der Waals surface area contributed by atoms with Gasteiger partial charge < -0.3 is 24.6 Å². The Morgan fingerprint density at radius 1 is 1.21 bits per heavy atom. The van der Waals surface area contributed by atoms with Gasteiger partial charge in [0.15, 0.2) is 5.43 Å². The van der Waals surface area contributed by atoms with E-state index in [1.807, 2.05) is 25.9 Å². The minimum absolute atomic E-state index is 0.0172. The Morgan fingerprint density at radius 2 is 1.97 bits per heavy atom. The van der Waals surface area contributed by atoms with E-state index in [0.29, 0.717) is 29.1 Å². The number of aromatic hydroxyl groups is 2. The van der Waals surface area contributed by atoms with Crippen LogP contribution in [0.25, 0.3) is 22.3 Å². The number of hydrogen-bond donors (Lipinski definition) is 3. The number of fused-ring (bicyclic) bond motifs is 1. The molecule has 3 aromatic rings. The molecule has 0 aliphatic carbocycles. The molecule has 3 N–H and O–H groups in total. The van der Waals surface area contributed by atoms with Crippen LogP contribution in [0.2, 0.25) is 5.02 Å². The fourth-order valence-corrected chi connectivity index (χ4v) is 4.28. The molecule has 0 amide bonds. The third kappa shape index (κ3) is 3.50. The summed E-state index contributed by atoms with van der Waals surface area (Å²) in [5.74, 6) is -0.760. The molecule has 1 aliphatic rings. The Hall–Kier alpha value is -2.48. The third-order valence-corrected chi connectivity index (χ3v) is 5.87. The smallest absolute Gasteiger partial charge is 0.197 e. The van der Waals surface area contributed by atoms with E-state index in [0.717, 1.165) is 18.1 Å². The summed E-state index contributed by atoms with van der Waals surface area (Å²) in [6, 6.07) is 7.80. The molecular formula is C21H21BClNO5. The van der Waals surface area contributed by atoms with Gasteiger partial charge in [-0.05, 0) is 26.1 Å². The summed E-state index contributed by atoms with van der Waals surface area (Å²) in [5.41, 5.74) is 1.46. The number of halogens is 1. The first-order chi connectivity index (χ1) is 13.8. The molecule has 0 saturated carbocycles. The highest BCUT2D eigenvalue weighted by molar-refractivity contribution is 6.36. The molecule has 8 heteroatoms. The number of β-amino-alcohol motifs (C(OH)–C–C–N with tert-alkyl or cyclic N) is 1. The van der Waals surface area contributed by atoms with E-state index < -0.39 is 17.5 Å². The van der Waals surface area contributed by atoms with Crippen molar-refractivity contribution in [1.82, 2.24) is 4.90 Å². The zero-order valence-corrected chi connectivity index (χ0v) is 16.9. The van der Waals surface area contributed by atoms with E-state index in [4.69, 9.17) is 16.0 Å². The van der Waals surface area contributed by atoms with E-state index in [1.165, 1.54) is 6.07 Å². The lowest BCUT2D eigenvalue weighted by Crippen LogP contribution is -2.40. The molecule has 2 unspecified atom stereocenters. The number of nitrogens with zero attached hydrogens (tertiary/aromatic N) is 1. The van der Waals surface area contributed by atoms with Crippen LogP contribution in [0.1, 0.15) is 17.9 Å². The maximum Gasteiger partial charge on any atom is 0.197 e. The van der Waals surface area contributed by atoms with Crippen molar-refractivity contribution in [3.8, 4) is 22.8 Å². The quantitative estimate of drug-likeness (QED) is 0.552. The maximum atomic E-state index is 12.9. The lowest BCUT2D eigenvalue weighted by molar-refractivity contribution is 0.0631. The number of benzene rings is 2. The number of phenolic OH excluding ortho intramolecular Hbond substituents is 2. The average molecular weight is 414 g/mol. The fourth-order valence-electron chi connectivity index (χ4n) is 4.07. The van der Waals surface area contributed by atoms with Crippen LogP contribution in [0, 0.1) is 0 Å². The molecule has 0 spiro atoms. The molecule has 1 aromatic heterocycles. The lowest BCUT2D eigenvalue weighted by Gasteiger charge is -2.34. The van der Waals surface area contributed by atoms with Gasteiger partial charge in [0.2, 0.25) is 0 Å². The first-order valence-electron chi connectivity index (χ1n) is 9.42. The molecule has 1 aliphatic heterocycles. The summed E-state index contributed by atoms with van der Waals surface area (Å²) < 4.78 is 6.06. The summed E-state index contributed by atoms with van der Waals surface area (Å²) >= 11 is 6.32. The standard InChI is InChI=1S/C21H21BClNO5/c1-24-5-4-11(17(28)9-24)19-14(25)7-15(26)20-16(27)8-18(29-21(19)20)12-6-10(22)2-3-13(12)23/h2-3,6-8,11,17,25-26,28H,4-5,9,22H2,1H3. The first-order valence-corrected chi connectivity index (χ1v) is 9.80. The van der Waals surface area contributed by atoms with Crippen molar-refractivity contribution >= 4 is 35.9 Å². The Kier molecular flexibility index (Phi) is 5.06. The topological polar surface area (TPSA) is 94.1 Å². The largest absolute Gasteiger partial charge is 0.507 e. The third-order valence-electron chi connectivity index (χ3n) is 5.54. The lowest BCUT2D eigenvalue weighted by atomic mass is 9.85. The number of piperidine rings is 1. The summed E-state index contributed by atoms with van der Waals surface area (Å²) in [7, 11) is 3.81. The Labute approximate surface area is 173 Å². The highest BCUT2D eigenvalue weighted by Gasteiger charge is 2.33. The molecule has 150 valence electrons. The maximum absolute atomic E-state index is 12.9. The molecule has 0 bridgehead atoms. The minimum atomic E-state index is -0.746. The van der Waals surface area contributed by atoms with E-state index in [-0.39, 0.29) is 28.2 Å². The minimum Gasteiger partial charge on any atom is -0.507 e. The molecule has 1 saturated heterocycles. The Morgan fingerprint density at radius 3 is 2.69 bits per heavy atom. The van der Waals surface area contributed by atoms with Gasteiger partial charge in [0.25, 0.3) is 0 Å². The van der Waals surface area contributed by atoms with Crippen LogP contribution in [0.4, 0.5) is 0 Å². The molecule has 1 fully saturated rings. The van der Waals surface area contributed by atoms with Gasteiger partial charge in [0, 0.05) is 35.7 Å². The van der Waals surface area contributed by atoms with Crippen molar-refractivity contribution in [1.29, 1.82) is 0 Å². The van der Waals surface area contributed by atoms with Crippen LogP contribution in [0.5, 0.6) is 11.5 Å². The van der Waals surface area contributed by atoms with Gasteiger partial charge in [-0.15, -0.1) is 0 Å². The number of aliphatic hydroxyl groups excluding tert-OH is 1. The first kappa shape index (κ1) is 19.8. The van der Waals surface area contributed by atoms with Gasteiger partial charge in [-0.1, -0.05) is 29.2 Å². The second kappa shape index (κ2) is 7.41. The van der Waals surface area contributed by atoms with E-state index >= 15 is 0 Å². The normalized spacial score (nSPS) is 20.2. The summed E-state index contributed by atoms with van der Waals surface area (Å²) in [6.07, 6.45) is -0.173. The summed E-state index contributed by atoms with van der Waals surface area (Å²) in [4.78, 5) is 14.8. The van der Waals surface area contributed by atoms with Gasteiger partial charge in [-0.3, -0.25) is 4.79 Å². The number of hydrogen-bond acceptors (Lipinski definition) is 6. The van der Waals surface area contributed by atoms with Gasteiger partial charge in [-0.2, -0.15) is 0 Å². The van der Waals surface area contributed by atoms with Crippen molar-refractivity contribution in [2.75, 3.05) is 20.1 Å². The molecule has 2 aromatic carbocycles. The fraction of sp³-hybridized carbons (Fsp3) is 0.286. The van der Waals surface area contributed by atoms with Crippen LogP contribution in [-0.2, 0) is 0 Å². The van der Waals surface area contributed by atoms with Crippen molar-refractivity contribution in [2.45, 2.75) is 18.4 Å².